The van der Waals surface area contributed by atoms with Crippen molar-refractivity contribution < 1.29 is 9.53 Å². The number of carbonyl (C=O) groups excluding carboxylic acids is 1. The van der Waals surface area contributed by atoms with Gasteiger partial charge in [-0.2, -0.15) is 0 Å². The summed E-state index contributed by atoms with van der Waals surface area (Å²) >= 11 is 0. The summed E-state index contributed by atoms with van der Waals surface area (Å²) in [7, 11) is 1.70. The lowest BCUT2D eigenvalue weighted by atomic mass is 9.92. The van der Waals surface area contributed by atoms with Gasteiger partial charge in [-0.25, -0.2) is 0 Å². The van der Waals surface area contributed by atoms with E-state index in [1.807, 2.05) is 44.2 Å². The maximum atomic E-state index is 11.9. The van der Waals surface area contributed by atoms with Gasteiger partial charge in [0.25, 0.3) is 0 Å². The first-order chi connectivity index (χ1) is 12.0. The van der Waals surface area contributed by atoms with E-state index in [-0.39, 0.29) is 5.91 Å². The summed E-state index contributed by atoms with van der Waals surface area (Å²) in [6.45, 7) is 4.79. The van der Waals surface area contributed by atoms with Gasteiger partial charge in [0.05, 0.1) is 17.7 Å². The van der Waals surface area contributed by atoms with Gasteiger partial charge in [0, 0.05) is 30.1 Å². The number of nitrogens with two attached hydrogens (primary N) is 1. The van der Waals surface area contributed by atoms with Gasteiger partial charge in [0.15, 0.2) is 0 Å². The number of amides is 1. The molecule has 0 saturated carbocycles. The van der Waals surface area contributed by atoms with Crippen LogP contribution in [-0.4, -0.2) is 17.6 Å². The molecule has 0 aliphatic carbocycles. The Kier molecular flexibility index (Phi) is 4.64. The van der Waals surface area contributed by atoms with E-state index >= 15 is 0 Å². The maximum absolute atomic E-state index is 11.9. The van der Waals surface area contributed by atoms with Crippen molar-refractivity contribution in [2.75, 3.05) is 7.11 Å². The van der Waals surface area contributed by atoms with Crippen LogP contribution in [0, 0.1) is 5.41 Å². The Bertz CT molecular complexity index is 895. The van der Waals surface area contributed by atoms with Gasteiger partial charge < -0.3 is 15.0 Å². The Morgan fingerprint density at radius 2 is 1.72 bits per heavy atom. The number of benzene rings is 2. The molecule has 0 aliphatic rings. The lowest BCUT2D eigenvalue weighted by Crippen LogP contribution is -2.35. The molecule has 2 N–H and O–H groups in total. The SMILES string of the molecule is COCc1c(-c2ccccc2)n(CC(C)(C)C(N)=O)c2ccccc12. The van der Waals surface area contributed by atoms with Gasteiger partial charge in [-0.15, -0.1) is 0 Å². The summed E-state index contributed by atoms with van der Waals surface area (Å²) in [6, 6.07) is 18.4. The number of para-hydroxylation sites is 1. The van der Waals surface area contributed by atoms with Crippen molar-refractivity contribution in [3.8, 4) is 11.3 Å². The molecule has 1 heterocycles. The number of fused-ring (bicyclic) bond motifs is 1. The molecule has 2 aromatic carbocycles. The van der Waals surface area contributed by atoms with E-state index in [0.717, 1.165) is 27.7 Å². The molecule has 0 aliphatic heterocycles. The van der Waals surface area contributed by atoms with Gasteiger partial charge >= 0.3 is 0 Å². The number of methoxy groups -OCH3 is 1. The van der Waals surface area contributed by atoms with E-state index in [4.69, 9.17) is 10.5 Å². The summed E-state index contributed by atoms with van der Waals surface area (Å²) in [5.41, 5.74) is 9.38. The minimum Gasteiger partial charge on any atom is -0.380 e. The second-order valence-electron chi connectivity index (χ2n) is 6.98. The first kappa shape index (κ1) is 17.2. The van der Waals surface area contributed by atoms with Crippen LogP contribution in [0.2, 0.25) is 0 Å². The van der Waals surface area contributed by atoms with Crippen LogP contribution in [0.3, 0.4) is 0 Å². The number of carbonyl (C=O) groups is 1. The predicted molar refractivity (Wildman–Crippen MR) is 101 cm³/mol. The van der Waals surface area contributed by atoms with Crippen LogP contribution >= 0.6 is 0 Å². The molecule has 0 unspecified atom stereocenters. The van der Waals surface area contributed by atoms with Crippen LogP contribution < -0.4 is 5.73 Å². The predicted octanol–water partition coefficient (Wildman–Crippen LogP) is 3.97. The maximum Gasteiger partial charge on any atom is 0.224 e. The quantitative estimate of drug-likeness (QED) is 0.740. The summed E-state index contributed by atoms with van der Waals surface area (Å²) in [4.78, 5) is 11.9. The summed E-state index contributed by atoms with van der Waals surface area (Å²) < 4.78 is 7.68. The minimum absolute atomic E-state index is 0.308. The molecule has 4 nitrogen and oxygen atoms in total. The minimum atomic E-state index is -0.657. The van der Waals surface area contributed by atoms with Crippen molar-refractivity contribution >= 4 is 16.8 Å². The Labute approximate surface area is 148 Å². The highest BCUT2D eigenvalue weighted by molar-refractivity contribution is 5.92. The van der Waals surface area contributed by atoms with Crippen LogP contribution in [0.1, 0.15) is 19.4 Å². The monoisotopic (exact) mass is 336 g/mol. The molecule has 3 aromatic rings. The van der Waals surface area contributed by atoms with Gasteiger partial charge in [0.1, 0.15) is 0 Å². The highest BCUT2D eigenvalue weighted by Crippen LogP contribution is 2.36. The van der Waals surface area contributed by atoms with E-state index in [9.17, 15) is 4.79 Å². The van der Waals surface area contributed by atoms with Crippen molar-refractivity contribution in [2.45, 2.75) is 27.0 Å². The molecule has 3 rings (SSSR count). The van der Waals surface area contributed by atoms with E-state index in [2.05, 4.69) is 28.8 Å². The zero-order chi connectivity index (χ0) is 18.0. The van der Waals surface area contributed by atoms with Gasteiger partial charge in [-0.3, -0.25) is 4.79 Å². The molecule has 25 heavy (non-hydrogen) atoms. The number of hydrogen-bond acceptors (Lipinski definition) is 2. The van der Waals surface area contributed by atoms with Crippen molar-refractivity contribution in [3.63, 3.8) is 0 Å². The first-order valence-electron chi connectivity index (χ1n) is 8.40. The molecule has 0 spiro atoms. The van der Waals surface area contributed by atoms with Crippen LogP contribution in [0.4, 0.5) is 0 Å². The number of nitrogens with zero attached hydrogens (tertiary/aromatic N) is 1. The normalized spacial score (nSPS) is 11.8. The highest BCUT2D eigenvalue weighted by atomic mass is 16.5. The number of ether oxygens (including phenoxy) is 1. The van der Waals surface area contributed by atoms with E-state index in [1.165, 1.54) is 0 Å². The molecular weight excluding hydrogens is 312 g/mol. The number of primary amides is 1. The Hall–Kier alpha value is -2.59. The molecule has 1 amide bonds. The molecule has 0 atom stereocenters. The van der Waals surface area contributed by atoms with Gasteiger partial charge in [-0.1, -0.05) is 48.5 Å². The summed E-state index contributed by atoms with van der Waals surface area (Å²) in [6.07, 6.45) is 0. The molecule has 0 saturated heterocycles. The van der Waals surface area contributed by atoms with Crippen molar-refractivity contribution in [1.29, 1.82) is 0 Å². The number of hydrogen-bond donors (Lipinski definition) is 1. The van der Waals surface area contributed by atoms with Gasteiger partial charge in [0.2, 0.25) is 5.91 Å². The fourth-order valence-corrected chi connectivity index (χ4v) is 3.23. The Morgan fingerprint density at radius 1 is 1.08 bits per heavy atom. The smallest absolute Gasteiger partial charge is 0.224 e. The van der Waals surface area contributed by atoms with Crippen molar-refractivity contribution in [3.05, 3.63) is 60.2 Å². The third-order valence-electron chi connectivity index (χ3n) is 4.63. The second-order valence-corrected chi connectivity index (χ2v) is 6.98. The molecular formula is C21H24N2O2. The third-order valence-corrected chi connectivity index (χ3v) is 4.63. The molecule has 0 bridgehead atoms. The number of rotatable bonds is 6. The fraction of sp³-hybridized carbons (Fsp3) is 0.286. The lowest BCUT2D eigenvalue weighted by molar-refractivity contribution is -0.126. The third kappa shape index (κ3) is 3.17. The zero-order valence-electron chi connectivity index (χ0n) is 15.0. The molecule has 0 radical (unpaired) electrons. The number of aromatic nitrogens is 1. The van der Waals surface area contributed by atoms with Crippen molar-refractivity contribution in [2.24, 2.45) is 11.1 Å². The summed E-state index contributed by atoms with van der Waals surface area (Å²) in [5, 5.41) is 1.14. The van der Waals surface area contributed by atoms with E-state index < -0.39 is 5.41 Å². The zero-order valence-corrected chi connectivity index (χ0v) is 15.0. The average molecular weight is 336 g/mol. The van der Waals surface area contributed by atoms with Crippen LogP contribution in [0.5, 0.6) is 0 Å². The molecule has 0 fully saturated rings. The largest absolute Gasteiger partial charge is 0.380 e. The van der Waals surface area contributed by atoms with Crippen LogP contribution in [0.15, 0.2) is 54.6 Å². The molecule has 130 valence electrons. The molecule has 4 heteroatoms. The Morgan fingerprint density at radius 3 is 2.36 bits per heavy atom. The van der Waals surface area contributed by atoms with E-state index in [1.54, 1.807) is 7.11 Å². The fourth-order valence-electron chi connectivity index (χ4n) is 3.23. The average Bonchev–Trinajstić information content (AvgIpc) is 2.89. The van der Waals surface area contributed by atoms with Crippen molar-refractivity contribution in [1.82, 2.24) is 4.57 Å². The second kappa shape index (κ2) is 6.73. The molecule has 1 aromatic heterocycles. The topological polar surface area (TPSA) is 57.2 Å². The highest BCUT2D eigenvalue weighted by Gasteiger charge is 2.29. The van der Waals surface area contributed by atoms with Gasteiger partial charge in [-0.05, 0) is 25.5 Å². The Balaban J connectivity index is 2.31. The van der Waals surface area contributed by atoms with Crippen LogP contribution in [0.25, 0.3) is 22.2 Å². The first-order valence-corrected chi connectivity index (χ1v) is 8.40. The lowest BCUT2D eigenvalue weighted by Gasteiger charge is -2.24. The summed E-state index contributed by atoms with van der Waals surface area (Å²) in [5.74, 6) is -0.308. The van der Waals surface area contributed by atoms with E-state index in [0.29, 0.717) is 13.2 Å². The standard InChI is InChI=1S/C21H24N2O2/c1-21(2,20(22)24)14-23-18-12-8-7-11-16(18)17(13-25-3)19(23)15-9-5-4-6-10-15/h4-12H,13-14H2,1-3H3,(H2,22,24). The van der Waals surface area contributed by atoms with Crippen LogP contribution in [-0.2, 0) is 22.7 Å².